The summed E-state index contributed by atoms with van der Waals surface area (Å²) in [6.07, 6.45) is 3.36. The molecule has 3 amide bonds. The van der Waals surface area contributed by atoms with Crippen LogP contribution in [0.3, 0.4) is 0 Å². The first kappa shape index (κ1) is 31.2. The van der Waals surface area contributed by atoms with Gasteiger partial charge in [-0.15, -0.1) is 6.58 Å². The number of nitrogens with one attached hydrogen (secondary N) is 2. The Morgan fingerprint density at radius 3 is 2.11 bits per heavy atom. The average Bonchev–Trinajstić information content (AvgIpc) is 2.74. The van der Waals surface area contributed by atoms with Gasteiger partial charge in [-0.2, -0.15) is 0 Å². The van der Waals surface area contributed by atoms with Crippen LogP contribution < -0.4 is 10.6 Å². The lowest BCUT2D eigenvalue weighted by Gasteiger charge is -2.36. The molecule has 7 nitrogen and oxygen atoms in total. The van der Waals surface area contributed by atoms with Crippen molar-refractivity contribution in [2.24, 2.45) is 5.92 Å². The zero-order chi connectivity index (χ0) is 27.6. The number of ether oxygens (including phenoxy) is 1. The SMILES string of the molecule is C=CCN(C(=O)C(NC(=O)OC(C)(C)C)C(C)CC)C(C(=O)NC(C)CCC)c1cc(C)cc(C)c1. The molecule has 36 heavy (non-hydrogen) atoms. The maximum absolute atomic E-state index is 14.1. The number of hydrogen-bond acceptors (Lipinski definition) is 4. The smallest absolute Gasteiger partial charge is 0.408 e. The van der Waals surface area contributed by atoms with E-state index in [0.717, 1.165) is 29.5 Å². The lowest BCUT2D eigenvalue weighted by molar-refractivity contribution is -0.143. The van der Waals surface area contributed by atoms with Gasteiger partial charge in [0, 0.05) is 12.6 Å². The molecular weight excluding hydrogens is 454 g/mol. The second kappa shape index (κ2) is 14.0. The van der Waals surface area contributed by atoms with Crippen LogP contribution in [0, 0.1) is 19.8 Å². The molecule has 1 rings (SSSR count). The monoisotopic (exact) mass is 501 g/mol. The molecule has 1 aromatic carbocycles. The quantitative estimate of drug-likeness (QED) is 0.365. The molecule has 1 aromatic rings. The summed E-state index contributed by atoms with van der Waals surface area (Å²) in [4.78, 5) is 41.9. The molecule has 4 atom stereocenters. The van der Waals surface area contributed by atoms with Crippen molar-refractivity contribution in [2.75, 3.05) is 6.54 Å². The van der Waals surface area contributed by atoms with Crippen molar-refractivity contribution < 1.29 is 19.1 Å². The van der Waals surface area contributed by atoms with E-state index in [2.05, 4.69) is 24.1 Å². The van der Waals surface area contributed by atoms with Crippen molar-refractivity contribution in [2.45, 2.75) is 105 Å². The first-order valence-electron chi connectivity index (χ1n) is 13.0. The highest BCUT2D eigenvalue weighted by atomic mass is 16.6. The Kier molecular flexibility index (Phi) is 12.2. The number of carbonyl (C=O) groups is 3. The molecule has 0 saturated carbocycles. The van der Waals surface area contributed by atoms with E-state index < -0.39 is 23.8 Å². The second-order valence-electron chi connectivity index (χ2n) is 10.8. The zero-order valence-corrected chi connectivity index (χ0v) is 23.7. The molecule has 0 bridgehead atoms. The number of carbonyl (C=O) groups excluding carboxylic acids is 3. The third-order valence-corrected chi connectivity index (χ3v) is 5.99. The molecule has 0 saturated heterocycles. The zero-order valence-electron chi connectivity index (χ0n) is 23.7. The summed E-state index contributed by atoms with van der Waals surface area (Å²) in [5.41, 5.74) is 2.02. The van der Waals surface area contributed by atoms with Gasteiger partial charge in [0.25, 0.3) is 0 Å². The van der Waals surface area contributed by atoms with Crippen LogP contribution in [0.4, 0.5) is 4.79 Å². The largest absolute Gasteiger partial charge is 0.444 e. The van der Waals surface area contributed by atoms with Crippen LogP contribution in [0.2, 0.25) is 0 Å². The van der Waals surface area contributed by atoms with Crippen LogP contribution >= 0.6 is 0 Å². The summed E-state index contributed by atoms with van der Waals surface area (Å²) in [6, 6.07) is 4.13. The van der Waals surface area contributed by atoms with Crippen molar-refractivity contribution >= 4 is 17.9 Å². The summed E-state index contributed by atoms with van der Waals surface area (Å²) in [5, 5.41) is 5.86. The molecule has 0 radical (unpaired) electrons. The molecular formula is C29H47N3O4. The van der Waals surface area contributed by atoms with Gasteiger partial charge in [0.2, 0.25) is 11.8 Å². The third kappa shape index (κ3) is 9.67. The number of rotatable bonds is 12. The maximum atomic E-state index is 14.1. The Balaban J connectivity index is 3.54. The average molecular weight is 502 g/mol. The predicted molar refractivity (Wildman–Crippen MR) is 146 cm³/mol. The Morgan fingerprint density at radius 2 is 1.64 bits per heavy atom. The van der Waals surface area contributed by atoms with Crippen LogP contribution in [0.5, 0.6) is 0 Å². The summed E-state index contributed by atoms with van der Waals surface area (Å²) in [7, 11) is 0. The van der Waals surface area contributed by atoms with E-state index in [9.17, 15) is 14.4 Å². The molecule has 0 aliphatic heterocycles. The van der Waals surface area contributed by atoms with Gasteiger partial charge in [0.15, 0.2) is 0 Å². The van der Waals surface area contributed by atoms with Gasteiger partial charge in [-0.05, 0) is 59.4 Å². The number of aryl methyl sites for hydroxylation is 2. The third-order valence-electron chi connectivity index (χ3n) is 5.99. The fourth-order valence-corrected chi connectivity index (χ4v) is 4.23. The first-order chi connectivity index (χ1) is 16.7. The van der Waals surface area contributed by atoms with E-state index in [-0.39, 0.29) is 30.3 Å². The fraction of sp³-hybridized carbons (Fsp3) is 0.621. The molecule has 0 aromatic heterocycles. The van der Waals surface area contributed by atoms with E-state index >= 15 is 0 Å². The number of nitrogens with zero attached hydrogens (tertiary/aromatic N) is 1. The summed E-state index contributed by atoms with van der Waals surface area (Å²) >= 11 is 0. The Hall–Kier alpha value is -2.83. The van der Waals surface area contributed by atoms with Crippen LogP contribution in [-0.2, 0) is 14.3 Å². The van der Waals surface area contributed by atoms with Crippen LogP contribution in [0.15, 0.2) is 30.9 Å². The number of alkyl carbamates (subject to hydrolysis) is 1. The highest BCUT2D eigenvalue weighted by molar-refractivity contribution is 5.92. The molecule has 0 spiro atoms. The highest BCUT2D eigenvalue weighted by Gasteiger charge is 2.38. The first-order valence-corrected chi connectivity index (χ1v) is 13.0. The number of hydrogen-bond donors (Lipinski definition) is 2. The topological polar surface area (TPSA) is 87.7 Å². The molecule has 0 fully saturated rings. The van der Waals surface area contributed by atoms with Crippen molar-refractivity contribution in [1.82, 2.24) is 15.5 Å². The summed E-state index contributed by atoms with van der Waals surface area (Å²) in [5.74, 6) is -0.784. The van der Waals surface area contributed by atoms with E-state index in [4.69, 9.17) is 4.74 Å². The highest BCUT2D eigenvalue weighted by Crippen LogP contribution is 2.27. The van der Waals surface area contributed by atoms with E-state index in [1.165, 1.54) is 4.90 Å². The standard InChI is InChI=1S/C29H47N3O4/c1-11-14-22(7)30-26(33)25(23-17-19(4)16-20(5)18-23)32(15-12-2)27(34)24(21(6)13-3)31-28(35)36-29(8,9)10/h12,16-18,21-22,24-25H,2,11,13-15H2,1,3-10H3,(H,30,33)(H,31,35). The van der Waals surface area contributed by atoms with Crippen LogP contribution in [0.25, 0.3) is 0 Å². The molecule has 2 N–H and O–H groups in total. The summed E-state index contributed by atoms with van der Waals surface area (Å²) in [6.45, 7) is 21.1. The second-order valence-corrected chi connectivity index (χ2v) is 10.8. The van der Waals surface area contributed by atoms with Crippen molar-refractivity contribution in [3.05, 3.63) is 47.5 Å². The van der Waals surface area contributed by atoms with Crippen molar-refractivity contribution in [3.8, 4) is 0 Å². The fourth-order valence-electron chi connectivity index (χ4n) is 4.23. The summed E-state index contributed by atoms with van der Waals surface area (Å²) < 4.78 is 5.44. The van der Waals surface area contributed by atoms with E-state index in [1.807, 2.05) is 52.8 Å². The van der Waals surface area contributed by atoms with E-state index in [1.54, 1.807) is 26.8 Å². The van der Waals surface area contributed by atoms with Crippen molar-refractivity contribution in [1.29, 1.82) is 0 Å². The van der Waals surface area contributed by atoms with Gasteiger partial charge >= 0.3 is 6.09 Å². The minimum Gasteiger partial charge on any atom is -0.444 e. The van der Waals surface area contributed by atoms with Gasteiger partial charge in [-0.25, -0.2) is 4.79 Å². The Bertz CT molecular complexity index is 886. The minimum absolute atomic E-state index is 0.0400. The molecule has 0 aliphatic rings. The van der Waals surface area contributed by atoms with Gasteiger partial charge < -0.3 is 20.3 Å². The molecule has 4 unspecified atom stereocenters. The van der Waals surface area contributed by atoms with Gasteiger partial charge in [-0.1, -0.05) is 69.0 Å². The number of amides is 3. The van der Waals surface area contributed by atoms with Crippen LogP contribution in [0.1, 0.15) is 90.5 Å². The molecule has 0 aliphatic carbocycles. The number of benzene rings is 1. The van der Waals surface area contributed by atoms with Crippen LogP contribution in [-0.4, -0.2) is 47.0 Å². The normalized spacial score (nSPS) is 14.7. The van der Waals surface area contributed by atoms with Gasteiger partial charge in [0.05, 0.1) is 0 Å². The lowest BCUT2D eigenvalue weighted by Crippen LogP contribution is -2.55. The lowest BCUT2D eigenvalue weighted by atomic mass is 9.94. The minimum atomic E-state index is -0.875. The predicted octanol–water partition coefficient (Wildman–Crippen LogP) is 5.60. The van der Waals surface area contributed by atoms with Gasteiger partial charge in [0.1, 0.15) is 17.7 Å². The van der Waals surface area contributed by atoms with Gasteiger partial charge in [-0.3, -0.25) is 9.59 Å². The van der Waals surface area contributed by atoms with E-state index in [0.29, 0.717) is 6.42 Å². The molecule has 7 heteroatoms. The Labute approximate surface area is 218 Å². The maximum Gasteiger partial charge on any atom is 0.408 e. The Morgan fingerprint density at radius 1 is 1.06 bits per heavy atom. The molecule has 202 valence electrons. The molecule has 0 heterocycles. The van der Waals surface area contributed by atoms with Crippen molar-refractivity contribution in [3.63, 3.8) is 0 Å².